The van der Waals surface area contributed by atoms with Crippen molar-refractivity contribution in [3.05, 3.63) is 31.3 Å². The molecule has 0 saturated heterocycles. The van der Waals surface area contributed by atoms with Crippen molar-refractivity contribution in [2.24, 2.45) is 0 Å². The van der Waals surface area contributed by atoms with Crippen molar-refractivity contribution in [2.75, 3.05) is 0 Å². The summed E-state index contributed by atoms with van der Waals surface area (Å²) >= 11 is 3.85. The molecule has 1 aromatic heterocycles. The predicted octanol–water partition coefficient (Wildman–Crippen LogP) is 6.16. The van der Waals surface area contributed by atoms with Gasteiger partial charge in [0.15, 0.2) is 8.32 Å². The van der Waals surface area contributed by atoms with Crippen LogP contribution in [0.4, 0.5) is 0 Å². The summed E-state index contributed by atoms with van der Waals surface area (Å²) in [7, 11) is -1.66. The third-order valence-electron chi connectivity index (χ3n) is 4.53. The third-order valence-corrected chi connectivity index (χ3v) is 10.5. The van der Waals surface area contributed by atoms with Gasteiger partial charge < -0.3 is 9.53 Å². The molecule has 136 valence electrons. The highest BCUT2D eigenvalue weighted by atomic mass is 127. The molecule has 0 fully saturated rings. The molecule has 3 nitrogen and oxygen atoms in total. The predicted molar refractivity (Wildman–Crippen MR) is 116 cm³/mol. The first-order valence-corrected chi connectivity index (χ1v) is 13.1. The van der Waals surface area contributed by atoms with Gasteiger partial charge >= 0.3 is 0 Å². The standard InChI is InChI=1S/C18H30INO2SSi/c1-6-24(7-2,8-3)22-17(10-9-15(5)19)14(4)11-16-13-23-18(12-21)20-16/h9,11,13,17,21H,6-8,10,12H2,1-5H3. The summed E-state index contributed by atoms with van der Waals surface area (Å²) in [5, 5.41) is 11.9. The van der Waals surface area contributed by atoms with Crippen LogP contribution in [0.25, 0.3) is 6.08 Å². The van der Waals surface area contributed by atoms with Gasteiger partial charge in [-0.15, -0.1) is 11.3 Å². The Morgan fingerprint density at radius 2 is 1.96 bits per heavy atom. The molecule has 1 N–H and O–H groups in total. The molecule has 0 aliphatic heterocycles. The average Bonchev–Trinajstić information content (AvgIpc) is 3.03. The number of halogens is 1. The second-order valence-corrected chi connectivity index (χ2v) is 13.5. The minimum absolute atomic E-state index is 0.00573. The van der Waals surface area contributed by atoms with Crippen LogP contribution in [-0.4, -0.2) is 24.5 Å². The van der Waals surface area contributed by atoms with Gasteiger partial charge in [-0.2, -0.15) is 0 Å². The number of rotatable bonds is 10. The Labute approximate surface area is 165 Å². The van der Waals surface area contributed by atoms with E-state index in [4.69, 9.17) is 4.43 Å². The van der Waals surface area contributed by atoms with E-state index in [0.29, 0.717) is 0 Å². The van der Waals surface area contributed by atoms with E-state index < -0.39 is 8.32 Å². The zero-order valence-corrected chi connectivity index (χ0v) is 19.4. The number of nitrogens with zero attached hydrogens (tertiary/aromatic N) is 1. The lowest BCUT2D eigenvalue weighted by molar-refractivity contribution is 0.225. The average molecular weight is 480 g/mol. The zero-order valence-electron chi connectivity index (χ0n) is 15.4. The maximum atomic E-state index is 9.19. The van der Waals surface area contributed by atoms with Crippen molar-refractivity contribution in [3.63, 3.8) is 0 Å². The van der Waals surface area contributed by atoms with E-state index >= 15 is 0 Å². The molecule has 6 heteroatoms. The Morgan fingerprint density at radius 3 is 2.42 bits per heavy atom. The normalized spacial score (nSPS) is 15.0. The molecule has 0 bridgehead atoms. The number of thiazole rings is 1. The molecule has 1 atom stereocenters. The Bertz CT molecular complexity index is 555. The van der Waals surface area contributed by atoms with E-state index in [9.17, 15) is 5.11 Å². The molecular weight excluding hydrogens is 449 g/mol. The SMILES string of the molecule is CC[Si](CC)(CC)OC(CC=C(C)I)C(C)=Cc1csc(CO)n1. The Morgan fingerprint density at radius 1 is 1.33 bits per heavy atom. The highest BCUT2D eigenvalue weighted by molar-refractivity contribution is 14.1. The molecular formula is C18H30INO2SSi. The smallest absolute Gasteiger partial charge is 0.192 e. The quantitative estimate of drug-likeness (QED) is 0.323. The number of hydrogen-bond donors (Lipinski definition) is 1. The fourth-order valence-corrected chi connectivity index (χ4v) is 6.44. The lowest BCUT2D eigenvalue weighted by Crippen LogP contribution is -2.40. The summed E-state index contributed by atoms with van der Waals surface area (Å²) in [6.07, 6.45) is 5.38. The van der Waals surface area contributed by atoms with Crippen LogP contribution in [0.3, 0.4) is 0 Å². The van der Waals surface area contributed by atoms with Crippen molar-refractivity contribution >= 4 is 48.3 Å². The molecule has 0 spiro atoms. The summed E-state index contributed by atoms with van der Waals surface area (Å²) in [6, 6.07) is 3.46. The second kappa shape index (κ2) is 10.9. The number of allylic oxidation sites excluding steroid dienone is 1. The lowest BCUT2D eigenvalue weighted by atomic mass is 10.1. The molecule has 0 amide bonds. The summed E-state index contributed by atoms with van der Waals surface area (Å²) in [4.78, 5) is 4.43. The van der Waals surface area contributed by atoms with Crippen LogP contribution in [0.1, 0.15) is 51.7 Å². The van der Waals surface area contributed by atoms with Crippen LogP contribution in [-0.2, 0) is 11.0 Å². The highest BCUT2D eigenvalue weighted by Crippen LogP contribution is 2.28. The Hall–Kier alpha value is -0.0231. The topological polar surface area (TPSA) is 42.4 Å². The van der Waals surface area contributed by atoms with Crippen molar-refractivity contribution in [3.8, 4) is 0 Å². The van der Waals surface area contributed by atoms with Crippen LogP contribution < -0.4 is 0 Å². The molecule has 0 aliphatic rings. The first-order chi connectivity index (χ1) is 11.4. The van der Waals surface area contributed by atoms with E-state index in [1.807, 2.05) is 5.38 Å². The van der Waals surface area contributed by atoms with Gasteiger partial charge in [-0.1, -0.05) is 26.8 Å². The van der Waals surface area contributed by atoms with Gasteiger partial charge in [-0.25, -0.2) is 4.98 Å². The maximum absolute atomic E-state index is 9.19. The minimum atomic E-state index is -1.66. The van der Waals surface area contributed by atoms with Crippen molar-refractivity contribution in [1.29, 1.82) is 0 Å². The van der Waals surface area contributed by atoms with Crippen LogP contribution in [0, 0.1) is 0 Å². The lowest BCUT2D eigenvalue weighted by Gasteiger charge is -2.33. The van der Waals surface area contributed by atoms with E-state index in [2.05, 4.69) is 74.3 Å². The third kappa shape index (κ3) is 6.71. The van der Waals surface area contributed by atoms with Gasteiger partial charge in [-0.3, -0.25) is 0 Å². The van der Waals surface area contributed by atoms with Crippen LogP contribution in [0.15, 0.2) is 20.6 Å². The van der Waals surface area contributed by atoms with Crippen LogP contribution in [0.2, 0.25) is 18.1 Å². The van der Waals surface area contributed by atoms with E-state index in [1.165, 1.54) is 20.5 Å². The summed E-state index contributed by atoms with van der Waals surface area (Å²) in [5.74, 6) is 0. The van der Waals surface area contributed by atoms with Crippen LogP contribution >= 0.6 is 33.9 Å². The Kier molecular flexibility index (Phi) is 9.96. The van der Waals surface area contributed by atoms with Gasteiger partial charge in [0.2, 0.25) is 0 Å². The largest absolute Gasteiger partial charge is 0.410 e. The highest BCUT2D eigenvalue weighted by Gasteiger charge is 2.32. The summed E-state index contributed by atoms with van der Waals surface area (Å²) in [5.41, 5.74) is 2.13. The first kappa shape index (κ1) is 22.0. The fraction of sp³-hybridized carbons (Fsp3) is 0.611. The molecule has 24 heavy (non-hydrogen) atoms. The zero-order chi connectivity index (χ0) is 18.2. The molecule has 0 radical (unpaired) electrons. The molecule has 0 aliphatic carbocycles. The van der Waals surface area contributed by atoms with Gasteiger partial charge in [0.1, 0.15) is 5.01 Å². The molecule has 1 aromatic rings. The van der Waals surface area contributed by atoms with Gasteiger partial charge in [0, 0.05) is 5.38 Å². The van der Waals surface area contributed by atoms with E-state index in [-0.39, 0.29) is 12.7 Å². The van der Waals surface area contributed by atoms with Crippen molar-refractivity contribution < 1.29 is 9.53 Å². The molecule has 1 heterocycles. The monoisotopic (exact) mass is 479 g/mol. The minimum Gasteiger partial charge on any atom is -0.410 e. The summed E-state index contributed by atoms with van der Waals surface area (Å²) in [6.45, 7) is 11.1. The van der Waals surface area contributed by atoms with E-state index in [0.717, 1.165) is 35.3 Å². The van der Waals surface area contributed by atoms with Gasteiger partial charge in [0.25, 0.3) is 0 Å². The van der Waals surface area contributed by atoms with Gasteiger partial charge in [-0.05, 0) is 76.2 Å². The molecule has 1 unspecified atom stereocenters. The second-order valence-electron chi connectivity index (χ2n) is 6.09. The van der Waals surface area contributed by atoms with Crippen molar-refractivity contribution in [2.45, 2.75) is 71.9 Å². The molecule has 1 rings (SSSR count). The Balaban J connectivity index is 3.04. The van der Waals surface area contributed by atoms with E-state index in [1.54, 1.807) is 0 Å². The van der Waals surface area contributed by atoms with Crippen LogP contribution in [0.5, 0.6) is 0 Å². The fourth-order valence-electron chi connectivity index (χ4n) is 2.69. The number of aliphatic hydroxyl groups excluding tert-OH is 1. The maximum Gasteiger partial charge on any atom is 0.192 e. The summed E-state index contributed by atoms with van der Waals surface area (Å²) < 4.78 is 8.05. The number of aromatic nitrogens is 1. The molecule has 0 aromatic carbocycles. The first-order valence-electron chi connectivity index (χ1n) is 8.63. The number of aliphatic hydroxyl groups is 1. The molecule has 0 saturated carbocycles. The van der Waals surface area contributed by atoms with Crippen molar-refractivity contribution in [1.82, 2.24) is 4.98 Å². The van der Waals surface area contributed by atoms with Gasteiger partial charge in [0.05, 0.1) is 18.4 Å². The number of hydrogen-bond acceptors (Lipinski definition) is 4.